The Hall–Kier alpha value is -0.520. The fourth-order valence-corrected chi connectivity index (χ4v) is 2.05. The molecule has 1 heterocycles. The molecule has 0 saturated heterocycles. The fourth-order valence-electron chi connectivity index (χ4n) is 1.61. The molecule has 4 nitrogen and oxygen atoms in total. The summed E-state index contributed by atoms with van der Waals surface area (Å²) in [4.78, 5) is 12.0. The molecule has 0 aliphatic carbocycles. The molecular weight excluding hydrogens is 318 g/mol. The molecule has 0 aliphatic heterocycles. The van der Waals surface area contributed by atoms with Crippen LogP contribution in [0.5, 0.6) is 0 Å². The molecule has 2 N–H and O–H groups in total. The average molecular weight is 339 g/mol. The largest absolute Gasteiger partial charge is 0.351 e. The van der Waals surface area contributed by atoms with Gasteiger partial charge in [0.25, 0.3) is 5.91 Å². The van der Waals surface area contributed by atoms with Crippen molar-refractivity contribution in [2.24, 2.45) is 0 Å². The average Bonchev–Trinajstić information content (AvgIpc) is 2.66. The normalized spacial score (nSPS) is 10.3. The zero-order valence-electron chi connectivity index (χ0n) is 11.0. The molecule has 6 heteroatoms. The summed E-state index contributed by atoms with van der Waals surface area (Å²) in [5, 5.41) is 5.97. The molecule has 0 bridgehead atoms. The summed E-state index contributed by atoms with van der Waals surface area (Å²) in [6.45, 7) is 5.73. The third kappa shape index (κ3) is 5.00. The van der Waals surface area contributed by atoms with Crippen LogP contribution in [0.25, 0.3) is 0 Å². The minimum Gasteiger partial charge on any atom is -0.351 e. The molecule has 1 aromatic heterocycles. The number of nitrogens with zero attached hydrogens (tertiary/aromatic N) is 1. The molecular formula is C12H21BrClN3O. The van der Waals surface area contributed by atoms with E-state index in [2.05, 4.69) is 40.4 Å². The lowest BCUT2D eigenvalue weighted by Crippen LogP contribution is -2.28. The van der Waals surface area contributed by atoms with Gasteiger partial charge in [0.05, 0.1) is 0 Å². The summed E-state index contributed by atoms with van der Waals surface area (Å²) in [7, 11) is 1.91. The van der Waals surface area contributed by atoms with E-state index in [4.69, 9.17) is 0 Å². The highest BCUT2D eigenvalue weighted by atomic mass is 79.9. The monoisotopic (exact) mass is 337 g/mol. The van der Waals surface area contributed by atoms with Crippen LogP contribution in [0, 0.1) is 0 Å². The summed E-state index contributed by atoms with van der Waals surface area (Å²) in [5.74, 6) is -0.0134. The van der Waals surface area contributed by atoms with Crippen molar-refractivity contribution >= 4 is 34.2 Å². The van der Waals surface area contributed by atoms with E-state index < -0.39 is 0 Å². The first-order chi connectivity index (χ1) is 8.06. The number of rotatable bonds is 6. The zero-order chi connectivity index (χ0) is 12.8. The van der Waals surface area contributed by atoms with Crippen molar-refractivity contribution in [1.82, 2.24) is 15.2 Å². The molecule has 1 amide bonds. The highest BCUT2D eigenvalue weighted by molar-refractivity contribution is 9.10. The van der Waals surface area contributed by atoms with Gasteiger partial charge in [-0.05, 0) is 55.9 Å². The van der Waals surface area contributed by atoms with Crippen LogP contribution in [0.3, 0.4) is 0 Å². The highest BCUT2D eigenvalue weighted by Gasteiger charge is 2.14. The van der Waals surface area contributed by atoms with Crippen LogP contribution in [0.1, 0.15) is 36.8 Å². The van der Waals surface area contributed by atoms with Crippen LogP contribution < -0.4 is 10.6 Å². The lowest BCUT2D eigenvalue weighted by atomic mass is 10.3. The summed E-state index contributed by atoms with van der Waals surface area (Å²) < 4.78 is 2.91. The van der Waals surface area contributed by atoms with Gasteiger partial charge in [-0.2, -0.15) is 0 Å². The Morgan fingerprint density at radius 2 is 2.11 bits per heavy atom. The van der Waals surface area contributed by atoms with Crippen LogP contribution in [-0.4, -0.2) is 30.6 Å². The number of amides is 1. The van der Waals surface area contributed by atoms with Gasteiger partial charge in [0.15, 0.2) is 0 Å². The quantitative estimate of drug-likeness (QED) is 0.783. The van der Waals surface area contributed by atoms with E-state index in [0.717, 1.165) is 17.4 Å². The van der Waals surface area contributed by atoms with Crippen molar-refractivity contribution in [3.63, 3.8) is 0 Å². The third-order valence-corrected chi connectivity index (χ3v) is 2.93. The number of nitrogens with one attached hydrogen (secondary N) is 2. The predicted molar refractivity (Wildman–Crippen MR) is 80.6 cm³/mol. The van der Waals surface area contributed by atoms with Gasteiger partial charge in [-0.15, -0.1) is 12.4 Å². The van der Waals surface area contributed by atoms with Crippen molar-refractivity contribution in [2.45, 2.75) is 26.3 Å². The maximum absolute atomic E-state index is 12.0. The SMILES string of the molecule is CNCCCNC(=O)c1cc(Br)cn1C(C)C.Cl. The molecule has 0 saturated carbocycles. The number of hydrogen-bond donors (Lipinski definition) is 2. The van der Waals surface area contributed by atoms with Gasteiger partial charge in [0.1, 0.15) is 5.69 Å². The first-order valence-corrected chi connectivity index (χ1v) is 6.65. The maximum Gasteiger partial charge on any atom is 0.267 e. The second kappa shape index (κ2) is 8.56. The topological polar surface area (TPSA) is 46.1 Å². The van der Waals surface area contributed by atoms with Crippen molar-refractivity contribution in [1.29, 1.82) is 0 Å². The maximum atomic E-state index is 12.0. The van der Waals surface area contributed by atoms with Gasteiger partial charge in [0.2, 0.25) is 0 Å². The van der Waals surface area contributed by atoms with Gasteiger partial charge >= 0.3 is 0 Å². The highest BCUT2D eigenvalue weighted by Crippen LogP contribution is 2.19. The molecule has 0 fully saturated rings. The Morgan fingerprint density at radius 1 is 1.44 bits per heavy atom. The predicted octanol–water partition coefficient (Wildman–Crippen LogP) is 2.59. The number of aromatic nitrogens is 1. The van der Waals surface area contributed by atoms with E-state index in [1.165, 1.54) is 0 Å². The summed E-state index contributed by atoms with van der Waals surface area (Å²) in [6, 6.07) is 2.13. The summed E-state index contributed by atoms with van der Waals surface area (Å²) in [5.41, 5.74) is 0.705. The molecule has 0 spiro atoms. The molecule has 0 unspecified atom stereocenters. The molecule has 0 atom stereocenters. The summed E-state index contributed by atoms with van der Waals surface area (Å²) in [6.07, 6.45) is 2.87. The first kappa shape index (κ1) is 17.5. The third-order valence-electron chi connectivity index (χ3n) is 2.49. The molecule has 0 aromatic carbocycles. The van der Waals surface area contributed by atoms with Crippen LogP contribution in [0.4, 0.5) is 0 Å². The molecule has 0 aliphatic rings. The minimum absolute atomic E-state index is 0. The lowest BCUT2D eigenvalue weighted by Gasteiger charge is -2.12. The Balaban J connectivity index is 0.00000289. The van der Waals surface area contributed by atoms with E-state index in [9.17, 15) is 4.79 Å². The van der Waals surface area contributed by atoms with E-state index in [-0.39, 0.29) is 24.4 Å². The van der Waals surface area contributed by atoms with Gasteiger partial charge < -0.3 is 15.2 Å². The van der Waals surface area contributed by atoms with Gasteiger partial charge in [-0.25, -0.2) is 0 Å². The molecule has 104 valence electrons. The number of halogens is 2. The fraction of sp³-hybridized carbons (Fsp3) is 0.583. The lowest BCUT2D eigenvalue weighted by molar-refractivity contribution is 0.0942. The minimum atomic E-state index is -0.0134. The number of carbonyl (C=O) groups excluding carboxylic acids is 1. The molecule has 1 aromatic rings. The Labute approximate surface area is 123 Å². The number of carbonyl (C=O) groups is 1. The summed E-state index contributed by atoms with van der Waals surface area (Å²) >= 11 is 3.40. The van der Waals surface area contributed by atoms with Crippen molar-refractivity contribution < 1.29 is 4.79 Å². The van der Waals surface area contributed by atoms with Crippen LogP contribution in [-0.2, 0) is 0 Å². The van der Waals surface area contributed by atoms with Crippen molar-refractivity contribution in [3.8, 4) is 0 Å². The van der Waals surface area contributed by atoms with E-state index in [1.807, 2.05) is 23.9 Å². The second-order valence-electron chi connectivity index (χ2n) is 4.26. The van der Waals surface area contributed by atoms with E-state index in [0.29, 0.717) is 12.2 Å². The zero-order valence-corrected chi connectivity index (χ0v) is 13.4. The second-order valence-corrected chi connectivity index (χ2v) is 5.17. The Bertz CT molecular complexity index is 379. The van der Waals surface area contributed by atoms with Gasteiger partial charge in [-0.1, -0.05) is 0 Å². The molecule has 0 radical (unpaired) electrons. The van der Waals surface area contributed by atoms with Gasteiger partial charge in [0, 0.05) is 23.3 Å². The van der Waals surface area contributed by atoms with Crippen molar-refractivity contribution in [3.05, 3.63) is 22.4 Å². The van der Waals surface area contributed by atoms with E-state index >= 15 is 0 Å². The van der Waals surface area contributed by atoms with Gasteiger partial charge in [-0.3, -0.25) is 4.79 Å². The molecule has 1 rings (SSSR count). The van der Waals surface area contributed by atoms with Crippen molar-refractivity contribution in [2.75, 3.05) is 20.1 Å². The first-order valence-electron chi connectivity index (χ1n) is 5.86. The van der Waals surface area contributed by atoms with Crippen LogP contribution >= 0.6 is 28.3 Å². The Kier molecular flexibility index (Phi) is 8.31. The van der Waals surface area contributed by atoms with Crippen LogP contribution in [0.2, 0.25) is 0 Å². The molecule has 18 heavy (non-hydrogen) atoms. The standard InChI is InChI=1S/C12H20BrN3O.ClH/c1-9(2)16-8-10(13)7-11(16)12(17)15-6-4-5-14-3;/h7-9,14H,4-6H2,1-3H3,(H,15,17);1H. The number of hydrogen-bond acceptors (Lipinski definition) is 2. The smallest absolute Gasteiger partial charge is 0.267 e. The van der Waals surface area contributed by atoms with Crippen LogP contribution in [0.15, 0.2) is 16.7 Å². The van der Waals surface area contributed by atoms with E-state index in [1.54, 1.807) is 0 Å². The Morgan fingerprint density at radius 3 is 2.67 bits per heavy atom.